The molecular weight excluding hydrogens is 437 g/mol. The minimum Gasteiger partial charge on any atom is -0.389 e. The highest BCUT2D eigenvalue weighted by molar-refractivity contribution is 6.13. The van der Waals surface area contributed by atoms with Gasteiger partial charge in [0.05, 0.1) is 29.1 Å². The number of rotatable bonds is 5. The Morgan fingerprint density at radius 3 is 2.74 bits per heavy atom. The van der Waals surface area contributed by atoms with E-state index in [0.717, 1.165) is 37.3 Å². The molecule has 0 aliphatic carbocycles. The molecule has 5 rings (SSSR count). The maximum absolute atomic E-state index is 14.5. The Bertz CT molecular complexity index is 1380. The SMILES string of the molecule is Cc1cn2cc(NC(=O)c3ccc(N4CCNCC4)c4cn(CC(C)(C)O)nc34)cc(F)c2n1. The lowest BCUT2D eigenvalue weighted by Crippen LogP contribution is -2.43. The second-order valence-electron chi connectivity index (χ2n) is 9.41. The number of imidazole rings is 1. The van der Waals surface area contributed by atoms with Gasteiger partial charge in [0.15, 0.2) is 11.5 Å². The van der Waals surface area contributed by atoms with Gasteiger partial charge in [-0.25, -0.2) is 9.37 Å². The lowest BCUT2D eigenvalue weighted by molar-refractivity contribution is 0.0580. The van der Waals surface area contributed by atoms with Crippen molar-refractivity contribution < 1.29 is 14.3 Å². The summed E-state index contributed by atoms with van der Waals surface area (Å²) in [6.45, 7) is 8.95. The molecule has 0 unspecified atom stereocenters. The summed E-state index contributed by atoms with van der Waals surface area (Å²) >= 11 is 0. The van der Waals surface area contributed by atoms with Gasteiger partial charge in [0.2, 0.25) is 0 Å². The van der Waals surface area contributed by atoms with Crippen LogP contribution in [-0.2, 0) is 6.54 Å². The first-order chi connectivity index (χ1) is 16.2. The van der Waals surface area contributed by atoms with Crippen LogP contribution in [0.4, 0.5) is 15.8 Å². The Hall–Kier alpha value is -3.50. The summed E-state index contributed by atoms with van der Waals surface area (Å²) in [5.74, 6) is -0.902. The van der Waals surface area contributed by atoms with Gasteiger partial charge < -0.3 is 25.0 Å². The molecular formula is C24H28FN7O2. The molecule has 4 aromatic rings. The topological polar surface area (TPSA) is 99.7 Å². The number of aryl methyl sites for hydroxylation is 1. The Morgan fingerprint density at radius 2 is 2.00 bits per heavy atom. The molecule has 1 saturated heterocycles. The third kappa shape index (κ3) is 4.34. The van der Waals surface area contributed by atoms with Crippen molar-refractivity contribution >= 4 is 33.8 Å². The number of benzene rings is 1. The maximum atomic E-state index is 14.5. The van der Waals surface area contributed by atoms with Crippen molar-refractivity contribution in [3.05, 3.63) is 53.9 Å². The number of fused-ring (bicyclic) bond motifs is 2. The van der Waals surface area contributed by atoms with E-state index in [-0.39, 0.29) is 18.1 Å². The van der Waals surface area contributed by atoms with Crippen LogP contribution in [0.3, 0.4) is 0 Å². The number of carbonyl (C=O) groups is 1. The van der Waals surface area contributed by atoms with Crippen molar-refractivity contribution in [2.45, 2.75) is 32.9 Å². The smallest absolute Gasteiger partial charge is 0.257 e. The minimum absolute atomic E-state index is 0.212. The van der Waals surface area contributed by atoms with Crippen LogP contribution in [0.2, 0.25) is 0 Å². The maximum Gasteiger partial charge on any atom is 0.257 e. The number of aliphatic hydroxyl groups is 1. The third-order valence-electron chi connectivity index (χ3n) is 5.84. The molecule has 0 spiro atoms. The van der Waals surface area contributed by atoms with Crippen LogP contribution in [0.15, 0.2) is 36.8 Å². The van der Waals surface area contributed by atoms with Gasteiger partial charge in [-0.1, -0.05) is 0 Å². The summed E-state index contributed by atoms with van der Waals surface area (Å²) in [6.07, 6.45) is 5.21. The highest BCUT2D eigenvalue weighted by Crippen LogP contribution is 2.30. The Balaban J connectivity index is 1.53. The Kier molecular flexibility index (Phi) is 5.49. The average molecular weight is 466 g/mol. The number of nitrogens with one attached hydrogen (secondary N) is 2. The van der Waals surface area contributed by atoms with Gasteiger partial charge in [-0.3, -0.25) is 9.48 Å². The number of hydrogen-bond donors (Lipinski definition) is 3. The zero-order valence-corrected chi connectivity index (χ0v) is 19.5. The first-order valence-electron chi connectivity index (χ1n) is 11.3. The van der Waals surface area contributed by atoms with Gasteiger partial charge in [-0.15, -0.1) is 0 Å². The van der Waals surface area contributed by atoms with E-state index >= 15 is 0 Å². The lowest BCUT2D eigenvalue weighted by atomic mass is 10.1. The summed E-state index contributed by atoms with van der Waals surface area (Å²) in [6, 6.07) is 4.95. The van der Waals surface area contributed by atoms with E-state index in [4.69, 9.17) is 0 Å². The molecule has 1 aliphatic heterocycles. The average Bonchev–Trinajstić information content (AvgIpc) is 3.35. The predicted octanol–water partition coefficient (Wildman–Crippen LogP) is 2.56. The predicted molar refractivity (Wildman–Crippen MR) is 129 cm³/mol. The molecule has 1 aromatic carbocycles. The second kappa shape index (κ2) is 8.37. The number of halogens is 1. The van der Waals surface area contributed by atoms with E-state index in [2.05, 4.69) is 25.6 Å². The number of pyridine rings is 1. The number of nitrogens with zero attached hydrogens (tertiary/aromatic N) is 5. The first kappa shape index (κ1) is 22.3. The molecule has 1 aliphatic rings. The highest BCUT2D eigenvalue weighted by atomic mass is 19.1. The van der Waals surface area contributed by atoms with Crippen molar-refractivity contribution in [3.8, 4) is 0 Å². The van der Waals surface area contributed by atoms with E-state index in [1.807, 2.05) is 12.3 Å². The standard InChI is InChI=1S/C24H28FN7O2/c1-15-11-31-12-16(10-19(25)22(31)27-15)28-23(33)17-4-5-20(30-8-6-26-7-9-30)18-13-32(29-21(17)18)14-24(2,3)34/h4-5,10-13,26,34H,6-9,14H2,1-3H3,(H,28,33). The fourth-order valence-electron chi connectivity index (χ4n) is 4.43. The molecule has 3 aromatic heterocycles. The van der Waals surface area contributed by atoms with Crippen molar-refractivity contribution in [3.63, 3.8) is 0 Å². The fraction of sp³-hybridized carbons (Fsp3) is 0.375. The second-order valence-corrected chi connectivity index (χ2v) is 9.41. The molecule has 4 heterocycles. The Morgan fingerprint density at radius 1 is 1.24 bits per heavy atom. The Labute approximate surface area is 196 Å². The van der Waals surface area contributed by atoms with Crippen LogP contribution < -0.4 is 15.5 Å². The highest BCUT2D eigenvalue weighted by Gasteiger charge is 2.22. The molecule has 0 bridgehead atoms. The van der Waals surface area contributed by atoms with Crippen molar-refractivity contribution in [1.29, 1.82) is 0 Å². The number of piperazine rings is 1. The van der Waals surface area contributed by atoms with Crippen molar-refractivity contribution in [2.75, 3.05) is 36.4 Å². The first-order valence-corrected chi connectivity index (χ1v) is 11.3. The van der Waals surface area contributed by atoms with Gasteiger partial charge in [0, 0.05) is 61.9 Å². The van der Waals surface area contributed by atoms with Gasteiger partial charge in [-0.05, 0) is 32.9 Å². The number of amides is 1. The van der Waals surface area contributed by atoms with E-state index in [1.54, 1.807) is 48.3 Å². The molecule has 0 saturated carbocycles. The van der Waals surface area contributed by atoms with Gasteiger partial charge >= 0.3 is 0 Å². The summed E-state index contributed by atoms with van der Waals surface area (Å²) in [4.78, 5) is 19.7. The van der Waals surface area contributed by atoms with Crippen LogP contribution in [0, 0.1) is 12.7 Å². The molecule has 9 nitrogen and oxygen atoms in total. The monoisotopic (exact) mass is 465 g/mol. The van der Waals surface area contributed by atoms with E-state index in [1.165, 1.54) is 6.07 Å². The third-order valence-corrected chi connectivity index (χ3v) is 5.84. The summed E-state index contributed by atoms with van der Waals surface area (Å²) < 4.78 is 17.7. The molecule has 1 fully saturated rings. The van der Waals surface area contributed by atoms with Crippen molar-refractivity contribution in [2.24, 2.45) is 0 Å². The number of hydrogen-bond acceptors (Lipinski definition) is 6. The van der Waals surface area contributed by atoms with E-state index in [9.17, 15) is 14.3 Å². The van der Waals surface area contributed by atoms with Crippen molar-refractivity contribution in [1.82, 2.24) is 24.5 Å². The van der Waals surface area contributed by atoms with Crippen LogP contribution in [-0.4, -0.2) is 62.0 Å². The van der Waals surface area contributed by atoms with Gasteiger partial charge in [0.25, 0.3) is 5.91 Å². The summed E-state index contributed by atoms with van der Waals surface area (Å²) in [7, 11) is 0. The van der Waals surface area contributed by atoms with Gasteiger partial charge in [-0.2, -0.15) is 5.10 Å². The summed E-state index contributed by atoms with van der Waals surface area (Å²) in [5, 5.41) is 21.9. The zero-order chi connectivity index (χ0) is 24.0. The van der Waals surface area contributed by atoms with E-state index in [0.29, 0.717) is 22.5 Å². The molecule has 34 heavy (non-hydrogen) atoms. The number of anilines is 2. The molecule has 0 atom stereocenters. The van der Waals surface area contributed by atoms with Crippen LogP contribution >= 0.6 is 0 Å². The number of carbonyl (C=O) groups excluding carboxylic acids is 1. The normalized spacial score (nSPS) is 14.8. The minimum atomic E-state index is -0.963. The van der Waals surface area contributed by atoms with Crippen LogP contribution in [0.1, 0.15) is 29.9 Å². The zero-order valence-electron chi connectivity index (χ0n) is 19.5. The number of aromatic nitrogens is 4. The molecule has 178 valence electrons. The largest absolute Gasteiger partial charge is 0.389 e. The quantitative estimate of drug-likeness (QED) is 0.419. The molecule has 0 radical (unpaired) electrons. The molecule has 1 amide bonds. The van der Waals surface area contributed by atoms with Crippen LogP contribution in [0.5, 0.6) is 0 Å². The molecule has 10 heteroatoms. The lowest BCUT2D eigenvalue weighted by Gasteiger charge is -2.30. The fourth-order valence-corrected chi connectivity index (χ4v) is 4.43. The van der Waals surface area contributed by atoms with E-state index < -0.39 is 11.4 Å². The summed E-state index contributed by atoms with van der Waals surface area (Å²) in [5.41, 5.74) is 2.17. The van der Waals surface area contributed by atoms with Gasteiger partial charge in [0.1, 0.15) is 5.52 Å². The molecule has 3 N–H and O–H groups in total. The van der Waals surface area contributed by atoms with Crippen LogP contribution in [0.25, 0.3) is 16.6 Å².